The Balaban J connectivity index is 1.61. The topological polar surface area (TPSA) is 83.1 Å². The zero-order valence-electron chi connectivity index (χ0n) is 12.6. The average Bonchev–Trinajstić information content (AvgIpc) is 2.94. The summed E-state index contributed by atoms with van der Waals surface area (Å²) in [6.45, 7) is 6.12. The molecule has 0 bridgehead atoms. The molecule has 0 radical (unpaired) electrons. The van der Waals surface area contributed by atoms with Crippen molar-refractivity contribution >= 4 is 17.4 Å². The SMILES string of the molecule is COc1ncc(Cl)c(N2CCN(Cc3n[nH]c(C)n3)CC2)n1. The molecule has 2 aromatic rings. The summed E-state index contributed by atoms with van der Waals surface area (Å²) in [6, 6.07) is 0.332. The maximum Gasteiger partial charge on any atom is 0.318 e. The number of nitrogens with one attached hydrogen (secondary N) is 1. The molecular formula is C13H18ClN7O. The summed E-state index contributed by atoms with van der Waals surface area (Å²) in [7, 11) is 1.55. The van der Waals surface area contributed by atoms with Gasteiger partial charge in [-0.15, -0.1) is 0 Å². The van der Waals surface area contributed by atoms with E-state index in [9.17, 15) is 0 Å². The molecule has 0 spiro atoms. The van der Waals surface area contributed by atoms with Crippen molar-refractivity contribution in [3.8, 4) is 6.01 Å². The van der Waals surface area contributed by atoms with Crippen LogP contribution in [0, 0.1) is 6.92 Å². The molecule has 118 valence electrons. The number of aromatic amines is 1. The molecule has 0 saturated carbocycles. The molecule has 3 heterocycles. The van der Waals surface area contributed by atoms with Crippen LogP contribution in [0.15, 0.2) is 6.20 Å². The zero-order chi connectivity index (χ0) is 15.5. The molecule has 1 N–H and O–H groups in total. The van der Waals surface area contributed by atoms with Crippen molar-refractivity contribution in [3.05, 3.63) is 22.9 Å². The molecule has 3 rings (SSSR count). The van der Waals surface area contributed by atoms with Crippen molar-refractivity contribution in [1.82, 2.24) is 30.0 Å². The van der Waals surface area contributed by atoms with Crippen LogP contribution in [0.3, 0.4) is 0 Å². The summed E-state index contributed by atoms with van der Waals surface area (Å²) in [5, 5.41) is 7.58. The number of hydrogen-bond acceptors (Lipinski definition) is 7. The lowest BCUT2D eigenvalue weighted by atomic mass is 10.3. The third-order valence-corrected chi connectivity index (χ3v) is 3.83. The Kier molecular flexibility index (Phi) is 4.39. The van der Waals surface area contributed by atoms with Crippen molar-refractivity contribution in [2.24, 2.45) is 0 Å². The van der Waals surface area contributed by atoms with Crippen LogP contribution in [0.5, 0.6) is 6.01 Å². The standard InChI is InChI=1S/C13H18ClN7O/c1-9-16-11(19-18-9)8-20-3-5-21(6-4-20)12-10(14)7-15-13(17-12)22-2/h7H,3-6,8H2,1-2H3,(H,16,18,19). The van der Waals surface area contributed by atoms with E-state index in [2.05, 4.69) is 34.9 Å². The van der Waals surface area contributed by atoms with Crippen LogP contribution >= 0.6 is 11.6 Å². The van der Waals surface area contributed by atoms with Crippen LogP contribution in [0.1, 0.15) is 11.6 Å². The van der Waals surface area contributed by atoms with Gasteiger partial charge in [-0.2, -0.15) is 10.1 Å². The number of anilines is 1. The van der Waals surface area contributed by atoms with E-state index in [-0.39, 0.29) is 0 Å². The highest BCUT2D eigenvalue weighted by atomic mass is 35.5. The van der Waals surface area contributed by atoms with Gasteiger partial charge in [0, 0.05) is 26.2 Å². The van der Waals surface area contributed by atoms with Gasteiger partial charge in [0.2, 0.25) is 0 Å². The van der Waals surface area contributed by atoms with Gasteiger partial charge in [0.05, 0.1) is 19.9 Å². The normalized spacial score (nSPS) is 16.0. The molecule has 1 fully saturated rings. The number of halogens is 1. The number of piperazine rings is 1. The molecule has 22 heavy (non-hydrogen) atoms. The summed E-state index contributed by atoms with van der Waals surface area (Å²) in [5.41, 5.74) is 0. The zero-order valence-corrected chi connectivity index (χ0v) is 13.3. The predicted octanol–water partition coefficient (Wildman–Crippen LogP) is 0.887. The van der Waals surface area contributed by atoms with Gasteiger partial charge in [-0.3, -0.25) is 10.00 Å². The fourth-order valence-electron chi connectivity index (χ4n) is 2.44. The van der Waals surface area contributed by atoms with Gasteiger partial charge in [-0.25, -0.2) is 9.97 Å². The lowest BCUT2D eigenvalue weighted by Crippen LogP contribution is -2.46. The number of rotatable bonds is 4. The van der Waals surface area contributed by atoms with Crippen molar-refractivity contribution in [1.29, 1.82) is 0 Å². The van der Waals surface area contributed by atoms with Gasteiger partial charge < -0.3 is 9.64 Å². The average molecular weight is 324 g/mol. The molecular weight excluding hydrogens is 306 g/mol. The van der Waals surface area contributed by atoms with E-state index >= 15 is 0 Å². The van der Waals surface area contributed by atoms with Crippen molar-refractivity contribution in [3.63, 3.8) is 0 Å². The fraction of sp³-hybridized carbons (Fsp3) is 0.538. The van der Waals surface area contributed by atoms with Gasteiger partial charge in [0.1, 0.15) is 10.8 Å². The van der Waals surface area contributed by atoms with Gasteiger partial charge in [0.25, 0.3) is 0 Å². The van der Waals surface area contributed by atoms with E-state index in [0.717, 1.165) is 50.2 Å². The van der Waals surface area contributed by atoms with E-state index in [1.807, 2.05) is 6.92 Å². The quantitative estimate of drug-likeness (QED) is 0.894. The highest BCUT2D eigenvalue weighted by Gasteiger charge is 2.21. The summed E-state index contributed by atoms with van der Waals surface area (Å²) < 4.78 is 5.07. The van der Waals surface area contributed by atoms with E-state index in [1.165, 1.54) is 0 Å². The number of ether oxygens (including phenoxy) is 1. The second-order valence-electron chi connectivity index (χ2n) is 5.13. The molecule has 2 aromatic heterocycles. The first kappa shape index (κ1) is 15.0. The molecule has 1 aliphatic heterocycles. The summed E-state index contributed by atoms with van der Waals surface area (Å²) >= 11 is 6.20. The van der Waals surface area contributed by atoms with Crippen molar-refractivity contribution < 1.29 is 4.74 Å². The van der Waals surface area contributed by atoms with Crippen molar-refractivity contribution in [2.45, 2.75) is 13.5 Å². The van der Waals surface area contributed by atoms with Gasteiger partial charge in [-0.05, 0) is 6.92 Å². The second kappa shape index (κ2) is 6.45. The Morgan fingerprint density at radius 3 is 2.68 bits per heavy atom. The number of H-pyrrole nitrogens is 1. The number of nitrogens with zero attached hydrogens (tertiary/aromatic N) is 6. The third-order valence-electron chi connectivity index (χ3n) is 3.57. The van der Waals surface area contributed by atoms with E-state index in [1.54, 1.807) is 13.3 Å². The van der Waals surface area contributed by atoms with Crippen LogP contribution in [0.25, 0.3) is 0 Å². The molecule has 0 amide bonds. The second-order valence-corrected chi connectivity index (χ2v) is 5.54. The van der Waals surface area contributed by atoms with E-state index in [0.29, 0.717) is 11.0 Å². The number of hydrogen-bond donors (Lipinski definition) is 1. The Labute approximate surface area is 133 Å². The summed E-state index contributed by atoms with van der Waals surface area (Å²) in [5.74, 6) is 2.39. The van der Waals surface area contributed by atoms with Crippen LogP contribution in [-0.2, 0) is 6.54 Å². The van der Waals surface area contributed by atoms with E-state index < -0.39 is 0 Å². The smallest absolute Gasteiger partial charge is 0.318 e. The summed E-state index contributed by atoms with van der Waals surface area (Å²) in [6.07, 6.45) is 1.57. The minimum atomic E-state index is 0.332. The van der Waals surface area contributed by atoms with Gasteiger partial charge >= 0.3 is 6.01 Å². The first-order valence-electron chi connectivity index (χ1n) is 7.07. The lowest BCUT2D eigenvalue weighted by molar-refractivity contribution is 0.243. The maximum absolute atomic E-state index is 6.20. The molecule has 8 nitrogen and oxygen atoms in total. The van der Waals surface area contributed by atoms with Gasteiger partial charge in [-0.1, -0.05) is 11.6 Å². The Bertz CT molecular complexity index is 639. The lowest BCUT2D eigenvalue weighted by Gasteiger charge is -2.35. The molecule has 9 heteroatoms. The Morgan fingerprint density at radius 1 is 1.27 bits per heavy atom. The molecule has 0 aliphatic carbocycles. The van der Waals surface area contributed by atoms with Gasteiger partial charge in [0.15, 0.2) is 11.6 Å². The van der Waals surface area contributed by atoms with E-state index in [4.69, 9.17) is 16.3 Å². The van der Waals surface area contributed by atoms with Crippen LogP contribution < -0.4 is 9.64 Å². The number of aromatic nitrogens is 5. The molecule has 0 aromatic carbocycles. The molecule has 1 aliphatic rings. The first-order valence-corrected chi connectivity index (χ1v) is 7.45. The van der Waals surface area contributed by atoms with Crippen molar-refractivity contribution in [2.75, 3.05) is 38.2 Å². The van der Waals surface area contributed by atoms with Crippen LogP contribution in [0.4, 0.5) is 5.82 Å². The first-order chi connectivity index (χ1) is 10.7. The largest absolute Gasteiger partial charge is 0.467 e. The Morgan fingerprint density at radius 2 is 2.05 bits per heavy atom. The number of methoxy groups -OCH3 is 1. The van der Waals surface area contributed by atoms with Crippen LogP contribution in [0.2, 0.25) is 5.02 Å². The third kappa shape index (κ3) is 3.28. The Hall–Kier alpha value is -1.93. The fourth-order valence-corrected chi connectivity index (χ4v) is 2.65. The molecule has 1 saturated heterocycles. The van der Waals surface area contributed by atoms with Crippen LogP contribution in [-0.4, -0.2) is 63.3 Å². The maximum atomic E-state index is 6.20. The molecule has 0 atom stereocenters. The summed E-state index contributed by atoms with van der Waals surface area (Å²) in [4.78, 5) is 17.1. The number of aryl methyl sites for hydroxylation is 1. The monoisotopic (exact) mass is 323 g/mol. The molecule has 0 unspecified atom stereocenters. The minimum Gasteiger partial charge on any atom is -0.467 e. The minimum absolute atomic E-state index is 0.332. The highest BCUT2D eigenvalue weighted by molar-refractivity contribution is 6.32. The highest BCUT2D eigenvalue weighted by Crippen LogP contribution is 2.25. The predicted molar refractivity (Wildman–Crippen MR) is 82.2 cm³/mol.